The predicted octanol–water partition coefficient (Wildman–Crippen LogP) is 1.99. The quantitative estimate of drug-likeness (QED) is 0.562. The average molecular weight is 269 g/mol. The highest BCUT2D eigenvalue weighted by Crippen LogP contribution is 2.18. The Bertz CT molecular complexity index is 547. The van der Waals surface area contributed by atoms with Crippen molar-refractivity contribution in [2.75, 3.05) is 5.32 Å². The van der Waals surface area contributed by atoms with Gasteiger partial charge < -0.3 is 15.5 Å². The van der Waals surface area contributed by atoms with Crippen LogP contribution in [0.1, 0.15) is 0 Å². The van der Waals surface area contributed by atoms with Crippen LogP contribution in [0.25, 0.3) is 0 Å². The molecule has 1 aromatic carbocycles. The van der Waals surface area contributed by atoms with Crippen LogP contribution in [0.15, 0.2) is 42.1 Å². The van der Waals surface area contributed by atoms with E-state index in [2.05, 4.69) is 5.32 Å². The van der Waals surface area contributed by atoms with E-state index in [0.29, 0.717) is 6.08 Å². The zero-order chi connectivity index (χ0) is 14.4. The molecule has 0 aliphatic carbocycles. The van der Waals surface area contributed by atoms with Crippen LogP contribution in [0.4, 0.5) is 14.5 Å². The van der Waals surface area contributed by atoms with Gasteiger partial charge in [-0.3, -0.25) is 0 Å². The largest absolute Gasteiger partial charge is 0.478 e. The molecule has 0 aliphatic heterocycles. The van der Waals surface area contributed by atoms with Gasteiger partial charge in [-0.1, -0.05) is 6.07 Å². The third kappa shape index (κ3) is 4.23. The first-order valence-electron chi connectivity index (χ1n) is 4.97. The van der Waals surface area contributed by atoms with Gasteiger partial charge in [0.2, 0.25) is 0 Å². The fraction of sp³-hybridized carbons (Fsp3) is 0. The highest BCUT2D eigenvalue weighted by Gasteiger charge is 2.08. The van der Waals surface area contributed by atoms with E-state index in [1.54, 1.807) is 0 Å². The number of hydrogen-bond donors (Lipinski definition) is 3. The van der Waals surface area contributed by atoms with Gasteiger partial charge in [-0.05, 0) is 18.2 Å². The number of hydrogen-bond acceptors (Lipinski definition) is 3. The third-order valence-electron chi connectivity index (χ3n) is 1.99. The van der Waals surface area contributed by atoms with E-state index in [9.17, 15) is 18.4 Å². The van der Waals surface area contributed by atoms with Crippen molar-refractivity contribution in [3.8, 4) is 0 Å². The number of para-hydroxylation sites is 1. The fourth-order valence-corrected chi connectivity index (χ4v) is 1.13. The maximum atomic E-state index is 13.2. The van der Waals surface area contributed by atoms with Gasteiger partial charge in [0.15, 0.2) is 0 Å². The summed E-state index contributed by atoms with van der Waals surface area (Å²) in [6, 6.07) is 3.14. The molecule has 0 aliphatic rings. The molecule has 0 spiro atoms. The summed E-state index contributed by atoms with van der Waals surface area (Å²) in [6.07, 6.45) is 2.18. The second kappa shape index (κ2) is 6.29. The number of carboxylic acids is 2. The second-order valence-electron chi connectivity index (χ2n) is 3.32. The Morgan fingerprint density at radius 1 is 1.11 bits per heavy atom. The molecule has 5 nitrogen and oxygen atoms in total. The van der Waals surface area contributed by atoms with Crippen molar-refractivity contribution in [3.63, 3.8) is 0 Å². The Morgan fingerprint density at radius 3 is 2.16 bits per heavy atom. The van der Waals surface area contributed by atoms with Crippen LogP contribution in [-0.4, -0.2) is 22.2 Å². The van der Waals surface area contributed by atoms with E-state index in [-0.39, 0.29) is 0 Å². The SMILES string of the molecule is O=C(O)/C=C/C(=CNc1c(F)cccc1F)C(=O)O. The molecule has 0 bridgehead atoms. The summed E-state index contributed by atoms with van der Waals surface area (Å²) in [5.74, 6) is -4.59. The van der Waals surface area contributed by atoms with Crippen molar-refractivity contribution in [2.24, 2.45) is 0 Å². The van der Waals surface area contributed by atoms with Crippen molar-refractivity contribution < 1.29 is 28.6 Å². The maximum absolute atomic E-state index is 13.2. The normalized spacial score (nSPS) is 11.6. The van der Waals surface area contributed by atoms with Crippen molar-refractivity contribution >= 4 is 17.6 Å². The van der Waals surface area contributed by atoms with Crippen molar-refractivity contribution in [2.45, 2.75) is 0 Å². The number of carbonyl (C=O) groups is 2. The van der Waals surface area contributed by atoms with Gasteiger partial charge in [-0.2, -0.15) is 0 Å². The van der Waals surface area contributed by atoms with Gasteiger partial charge in [0, 0.05) is 12.3 Å². The van der Waals surface area contributed by atoms with E-state index >= 15 is 0 Å². The lowest BCUT2D eigenvalue weighted by Gasteiger charge is -2.04. The van der Waals surface area contributed by atoms with Gasteiger partial charge in [0.05, 0.1) is 5.57 Å². The summed E-state index contributed by atoms with van der Waals surface area (Å²) < 4.78 is 26.4. The van der Waals surface area contributed by atoms with Crippen molar-refractivity contribution in [3.05, 3.63) is 53.8 Å². The topological polar surface area (TPSA) is 86.6 Å². The zero-order valence-corrected chi connectivity index (χ0v) is 9.43. The lowest BCUT2D eigenvalue weighted by atomic mass is 10.2. The minimum absolute atomic E-state index is 0.468. The van der Waals surface area contributed by atoms with Gasteiger partial charge in [-0.25, -0.2) is 18.4 Å². The molecule has 19 heavy (non-hydrogen) atoms. The van der Waals surface area contributed by atoms with Crippen molar-refractivity contribution in [1.29, 1.82) is 0 Å². The van der Waals surface area contributed by atoms with Crippen molar-refractivity contribution in [1.82, 2.24) is 0 Å². The fourth-order valence-electron chi connectivity index (χ4n) is 1.13. The van der Waals surface area contributed by atoms with E-state index in [1.807, 2.05) is 0 Å². The summed E-state index contributed by atoms with van der Waals surface area (Å²) in [6.45, 7) is 0. The Kier molecular flexibility index (Phi) is 4.76. The lowest BCUT2D eigenvalue weighted by molar-refractivity contribution is -0.132. The second-order valence-corrected chi connectivity index (χ2v) is 3.32. The number of aliphatic carboxylic acids is 2. The highest BCUT2D eigenvalue weighted by atomic mass is 19.1. The summed E-state index contributed by atoms with van der Waals surface area (Å²) in [4.78, 5) is 21.0. The Morgan fingerprint density at radius 2 is 1.68 bits per heavy atom. The Labute approximate surface area is 106 Å². The molecule has 100 valence electrons. The number of carboxylic acid groups (broad SMARTS) is 2. The van der Waals surface area contributed by atoms with Gasteiger partial charge >= 0.3 is 11.9 Å². The first kappa shape index (κ1) is 14.4. The van der Waals surface area contributed by atoms with Crippen LogP contribution < -0.4 is 5.32 Å². The van der Waals surface area contributed by atoms with E-state index < -0.39 is 34.8 Å². The number of nitrogens with one attached hydrogen (secondary N) is 1. The number of anilines is 1. The molecule has 0 fully saturated rings. The molecule has 0 saturated heterocycles. The first-order valence-corrected chi connectivity index (χ1v) is 4.97. The highest BCUT2D eigenvalue weighted by molar-refractivity contribution is 5.92. The molecule has 0 aromatic heterocycles. The molecule has 0 heterocycles. The summed E-state index contributed by atoms with van der Waals surface area (Å²) >= 11 is 0. The number of benzene rings is 1. The molecule has 1 rings (SSSR count). The Hall–Kier alpha value is -2.70. The standard InChI is InChI=1S/C12H9F2NO4/c13-8-2-1-3-9(14)11(8)15-6-7(12(18)19)4-5-10(16)17/h1-6,15H,(H,16,17)(H,18,19)/b5-4+,7-6?. The summed E-state index contributed by atoms with van der Waals surface area (Å²) in [7, 11) is 0. The van der Waals surface area contributed by atoms with Crippen LogP contribution >= 0.6 is 0 Å². The number of rotatable bonds is 5. The zero-order valence-electron chi connectivity index (χ0n) is 9.43. The monoisotopic (exact) mass is 269 g/mol. The molecule has 0 amide bonds. The van der Waals surface area contributed by atoms with Gasteiger partial charge in [0.25, 0.3) is 0 Å². The molecular weight excluding hydrogens is 260 g/mol. The molecular formula is C12H9F2NO4. The van der Waals surface area contributed by atoms with E-state index in [4.69, 9.17) is 10.2 Å². The lowest BCUT2D eigenvalue weighted by Crippen LogP contribution is -2.04. The summed E-state index contributed by atoms with van der Waals surface area (Å²) in [5, 5.41) is 19.3. The average Bonchev–Trinajstić information content (AvgIpc) is 2.31. The molecule has 7 heteroatoms. The molecule has 0 atom stereocenters. The van der Waals surface area contributed by atoms with Crippen LogP contribution in [-0.2, 0) is 9.59 Å². The van der Waals surface area contributed by atoms with Gasteiger partial charge in [-0.15, -0.1) is 0 Å². The predicted molar refractivity (Wildman–Crippen MR) is 62.5 cm³/mol. The Balaban J connectivity index is 2.99. The van der Waals surface area contributed by atoms with E-state index in [1.165, 1.54) is 0 Å². The summed E-state index contributed by atoms with van der Waals surface area (Å²) in [5.41, 5.74) is -0.991. The smallest absolute Gasteiger partial charge is 0.337 e. The van der Waals surface area contributed by atoms with Gasteiger partial charge in [0.1, 0.15) is 17.3 Å². The minimum Gasteiger partial charge on any atom is -0.478 e. The van der Waals surface area contributed by atoms with Crippen LogP contribution in [0.5, 0.6) is 0 Å². The minimum atomic E-state index is -1.44. The van der Waals surface area contributed by atoms with Crippen LogP contribution in [0, 0.1) is 11.6 Å². The molecule has 0 saturated carbocycles. The first-order chi connectivity index (χ1) is 8.91. The van der Waals surface area contributed by atoms with Crippen LogP contribution in [0.3, 0.4) is 0 Å². The third-order valence-corrected chi connectivity index (χ3v) is 1.99. The molecule has 1 aromatic rings. The molecule has 0 radical (unpaired) electrons. The van der Waals surface area contributed by atoms with E-state index in [0.717, 1.165) is 30.5 Å². The molecule has 0 unspecified atom stereocenters. The molecule has 3 N–H and O–H groups in total. The maximum Gasteiger partial charge on any atom is 0.337 e. The number of halogens is 2. The van der Waals surface area contributed by atoms with Crippen LogP contribution in [0.2, 0.25) is 0 Å².